The number of aryl methyl sites for hydroxylation is 1. The number of amides is 1. The number of pyridine rings is 1. The molecule has 0 saturated heterocycles. The van der Waals surface area contributed by atoms with Gasteiger partial charge in [-0.25, -0.2) is 0 Å². The van der Waals surface area contributed by atoms with Gasteiger partial charge in [0.25, 0.3) is 5.91 Å². The second-order valence-corrected chi connectivity index (χ2v) is 6.77. The van der Waals surface area contributed by atoms with E-state index in [0.717, 1.165) is 28.6 Å². The Labute approximate surface area is 162 Å². The van der Waals surface area contributed by atoms with Crippen LogP contribution in [0, 0.1) is 6.92 Å². The lowest BCUT2D eigenvalue weighted by Crippen LogP contribution is -2.18. The van der Waals surface area contributed by atoms with Gasteiger partial charge in [-0.1, -0.05) is 36.7 Å². The molecule has 0 bridgehead atoms. The molecule has 0 saturated carbocycles. The number of para-hydroxylation sites is 1. The number of hydrogen-bond donors (Lipinski definition) is 1. The molecule has 2 heterocycles. The average molecular weight is 383 g/mol. The summed E-state index contributed by atoms with van der Waals surface area (Å²) in [6, 6.07) is 11.0. The van der Waals surface area contributed by atoms with E-state index in [4.69, 9.17) is 21.1 Å². The lowest BCUT2D eigenvalue weighted by molar-refractivity contribution is 0.102. The molecule has 0 atom stereocenters. The van der Waals surface area contributed by atoms with Crippen LogP contribution >= 0.6 is 11.6 Å². The first-order chi connectivity index (χ1) is 13.1. The van der Waals surface area contributed by atoms with E-state index >= 15 is 0 Å². The third kappa shape index (κ3) is 3.19. The Hall–Kier alpha value is -2.79. The molecule has 1 aliphatic rings. The molecule has 138 valence electrons. The average Bonchev–Trinajstić information content (AvgIpc) is 2.68. The zero-order chi connectivity index (χ0) is 19.0. The SMILES string of the molecule is CCc1nc2ccccc2c(C(=O)Nc2cc3c(cc2Cl)OCCO3)c1C. The molecule has 6 heteroatoms. The molecule has 0 aliphatic carbocycles. The number of benzene rings is 2. The topological polar surface area (TPSA) is 60.5 Å². The highest BCUT2D eigenvalue weighted by molar-refractivity contribution is 6.34. The van der Waals surface area contributed by atoms with Crippen LogP contribution in [0.4, 0.5) is 5.69 Å². The van der Waals surface area contributed by atoms with Gasteiger partial charge in [0.2, 0.25) is 0 Å². The maximum absolute atomic E-state index is 13.2. The van der Waals surface area contributed by atoms with E-state index in [9.17, 15) is 4.79 Å². The van der Waals surface area contributed by atoms with Crippen molar-refractivity contribution in [3.05, 3.63) is 58.2 Å². The Morgan fingerprint density at radius 2 is 1.89 bits per heavy atom. The summed E-state index contributed by atoms with van der Waals surface area (Å²) in [7, 11) is 0. The van der Waals surface area contributed by atoms with Gasteiger partial charge < -0.3 is 14.8 Å². The van der Waals surface area contributed by atoms with E-state index < -0.39 is 0 Å². The molecule has 0 spiro atoms. The van der Waals surface area contributed by atoms with E-state index in [1.54, 1.807) is 12.1 Å². The summed E-state index contributed by atoms with van der Waals surface area (Å²) >= 11 is 6.35. The van der Waals surface area contributed by atoms with Crippen molar-refractivity contribution >= 4 is 34.1 Å². The third-order valence-corrected chi connectivity index (χ3v) is 4.99. The highest BCUT2D eigenvalue weighted by atomic mass is 35.5. The second kappa shape index (κ2) is 7.08. The predicted molar refractivity (Wildman–Crippen MR) is 106 cm³/mol. The molecular weight excluding hydrogens is 364 g/mol. The number of carbonyl (C=O) groups is 1. The van der Waals surface area contributed by atoms with Crippen molar-refractivity contribution in [2.75, 3.05) is 18.5 Å². The number of anilines is 1. The summed E-state index contributed by atoms with van der Waals surface area (Å²) in [5.74, 6) is 0.939. The van der Waals surface area contributed by atoms with Crippen LogP contribution in [0.1, 0.15) is 28.5 Å². The van der Waals surface area contributed by atoms with Crippen molar-refractivity contribution in [2.24, 2.45) is 0 Å². The second-order valence-electron chi connectivity index (χ2n) is 6.36. The standard InChI is InChI=1S/C21H19ClN2O3/c1-3-15-12(2)20(13-6-4-5-7-16(13)23-15)21(25)24-17-11-19-18(10-14(17)22)26-8-9-27-19/h4-7,10-11H,3,8-9H2,1-2H3,(H,24,25). The minimum atomic E-state index is -0.223. The van der Waals surface area contributed by atoms with Gasteiger partial charge in [-0.3, -0.25) is 9.78 Å². The number of fused-ring (bicyclic) bond motifs is 2. The number of ether oxygens (including phenoxy) is 2. The van der Waals surface area contributed by atoms with Crippen molar-refractivity contribution in [1.82, 2.24) is 4.98 Å². The van der Waals surface area contributed by atoms with E-state index in [1.807, 2.05) is 38.1 Å². The molecule has 2 aromatic carbocycles. The van der Waals surface area contributed by atoms with Crippen molar-refractivity contribution < 1.29 is 14.3 Å². The van der Waals surface area contributed by atoms with Crippen LogP contribution in [-0.2, 0) is 6.42 Å². The molecule has 0 unspecified atom stereocenters. The Bertz CT molecular complexity index is 1050. The molecule has 1 aliphatic heterocycles. The highest BCUT2D eigenvalue weighted by Gasteiger charge is 2.20. The summed E-state index contributed by atoms with van der Waals surface area (Å²) in [6.45, 7) is 4.91. The first-order valence-electron chi connectivity index (χ1n) is 8.87. The maximum Gasteiger partial charge on any atom is 0.256 e. The van der Waals surface area contributed by atoms with Gasteiger partial charge in [-0.05, 0) is 25.0 Å². The van der Waals surface area contributed by atoms with Crippen LogP contribution in [-0.4, -0.2) is 24.1 Å². The van der Waals surface area contributed by atoms with Gasteiger partial charge in [0.05, 0.1) is 21.8 Å². The smallest absolute Gasteiger partial charge is 0.256 e. The number of rotatable bonds is 3. The summed E-state index contributed by atoms with van der Waals surface area (Å²) in [4.78, 5) is 17.8. The quantitative estimate of drug-likeness (QED) is 0.708. The number of halogens is 1. The molecule has 1 aromatic heterocycles. The fraction of sp³-hybridized carbons (Fsp3) is 0.238. The number of carbonyl (C=O) groups excluding carboxylic acids is 1. The van der Waals surface area contributed by atoms with Gasteiger partial charge in [0.1, 0.15) is 13.2 Å². The van der Waals surface area contributed by atoms with Gasteiger partial charge >= 0.3 is 0 Å². The van der Waals surface area contributed by atoms with Crippen LogP contribution < -0.4 is 14.8 Å². The van der Waals surface area contributed by atoms with E-state index in [2.05, 4.69) is 10.3 Å². The summed E-state index contributed by atoms with van der Waals surface area (Å²) in [6.07, 6.45) is 0.752. The molecule has 4 rings (SSSR count). The van der Waals surface area contributed by atoms with Gasteiger partial charge in [-0.15, -0.1) is 0 Å². The lowest BCUT2D eigenvalue weighted by atomic mass is 9.99. The normalized spacial score (nSPS) is 12.9. The lowest BCUT2D eigenvalue weighted by Gasteiger charge is -2.20. The number of nitrogens with one attached hydrogen (secondary N) is 1. The molecule has 27 heavy (non-hydrogen) atoms. The van der Waals surface area contributed by atoms with Crippen molar-refractivity contribution in [3.63, 3.8) is 0 Å². The molecular formula is C21H19ClN2O3. The van der Waals surface area contributed by atoms with Crippen molar-refractivity contribution in [3.8, 4) is 11.5 Å². The zero-order valence-corrected chi connectivity index (χ0v) is 15.9. The highest BCUT2D eigenvalue weighted by Crippen LogP contribution is 2.38. The van der Waals surface area contributed by atoms with Crippen molar-refractivity contribution in [1.29, 1.82) is 0 Å². The van der Waals surface area contributed by atoms with E-state index in [1.165, 1.54) is 0 Å². The largest absolute Gasteiger partial charge is 0.486 e. The Kier molecular flexibility index (Phi) is 4.62. The van der Waals surface area contributed by atoms with E-state index in [0.29, 0.717) is 41.0 Å². The monoisotopic (exact) mass is 382 g/mol. The number of nitrogens with zero attached hydrogens (tertiary/aromatic N) is 1. The molecule has 3 aromatic rings. The van der Waals surface area contributed by atoms with Crippen LogP contribution in [0.15, 0.2) is 36.4 Å². The first kappa shape index (κ1) is 17.6. The fourth-order valence-corrected chi connectivity index (χ4v) is 3.54. The molecule has 1 amide bonds. The third-order valence-electron chi connectivity index (χ3n) is 4.68. The minimum absolute atomic E-state index is 0.223. The number of hydrogen-bond acceptors (Lipinski definition) is 4. The minimum Gasteiger partial charge on any atom is -0.486 e. The molecule has 5 nitrogen and oxygen atoms in total. The maximum atomic E-state index is 13.2. The van der Waals surface area contributed by atoms with Crippen LogP contribution in [0.3, 0.4) is 0 Å². The summed E-state index contributed by atoms with van der Waals surface area (Å²) in [5.41, 5.74) is 3.69. The molecule has 1 N–H and O–H groups in total. The van der Waals surface area contributed by atoms with Crippen LogP contribution in [0.25, 0.3) is 10.9 Å². The molecule has 0 radical (unpaired) electrons. The van der Waals surface area contributed by atoms with Gasteiger partial charge in [-0.2, -0.15) is 0 Å². The van der Waals surface area contributed by atoms with Crippen LogP contribution in [0.5, 0.6) is 11.5 Å². The Balaban J connectivity index is 1.77. The van der Waals surface area contributed by atoms with E-state index in [-0.39, 0.29) is 5.91 Å². The Morgan fingerprint density at radius 3 is 2.63 bits per heavy atom. The fourth-order valence-electron chi connectivity index (χ4n) is 3.34. The predicted octanol–water partition coefficient (Wildman–Crippen LogP) is 4.78. The summed E-state index contributed by atoms with van der Waals surface area (Å²) in [5, 5.41) is 4.15. The number of aromatic nitrogens is 1. The first-order valence-corrected chi connectivity index (χ1v) is 9.25. The van der Waals surface area contributed by atoms with Crippen LogP contribution in [0.2, 0.25) is 5.02 Å². The zero-order valence-electron chi connectivity index (χ0n) is 15.1. The van der Waals surface area contributed by atoms with Gasteiger partial charge in [0.15, 0.2) is 11.5 Å². The summed E-state index contributed by atoms with van der Waals surface area (Å²) < 4.78 is 11.1. The molecule has 0 fully saturated rings. The van der Waals surface area contributed by atoms with Crippen molar-refractivity contribution in [2.45, 2.75) is 20.3 Å². The van der Waals surface area contributed by atoms with Gasteiger partial charge in [0, 0.05) is 23.2 Å². The Morgan fingerprint density at radius 1 is 1.19 bits per heavy atom.